The van der Waals surface area contributed by atoms with E-state index in [-0.39, 0.29) is 0 Å². The molecule has 7 heteroatoms. The van der Waals surface area contributed by atoms with Gasteiger partial charge in [-0.2, -0.15) is 9.97 Å². The lowest BCUT2D eigenvalue weighted by atomic mass is 10.1. The van der Waals surface area contributed by atoms with E-state index in [0.717, 1.165) is 48.3 Å². The smallest absolute Gasteiger partial charge is 0.226 e. The highest BCUT2D eigenvalue weighted by Gasteiger charge is 2.18. The molecule has 5 N–H and O–H groups in total. The molecule has 0 aliphatic carbocycles. The van der Waals surface area contributed by atoms with Crippen LogP contribution in [0.1, 0.15) is 12.8 Å². The van der Waals surface area contributed by atoms with Crippen LogP contribution in [0.4, 0.5) is 17.5 Å². The molecular weight excluding hydrogens is 326 g/mol. The number of hydrogen-bond donors (Lipinski definition) is 3. The fourth-order valence-electron chi connectivity index (χ4n) is 3.25. The number of nitrogens with zero attached hydrogens (tertiary/aromatic N) is 4. The Morgan fingerprint density at radius 3 is 2.42 bits per heavy atom. The molecule has 0 spiro atoms. The molecule has 1 aliphatic heterocycles. The van der Waals surface area contributed by atoms with Crippen LogP contribution < -0.4 is 16.8 Å². The number of nitrogens with one attached hydrogen (secondary N) is 1. The quantitative estimate of drug-likeness (QED) is 0.623. The maximum absolute atomic E-state index is 6.14. The van der Waals surface area contributed by atoms with Gasteiger partial charge >= 0.3 is 0 Å². The highest BCUT2D eigenvalue weighted by Crippen LogP contribution is 2.25. The van der Waals surface area contributed by atoms with E-state index in [4.69, 9.17) is 11.5 Å². The van der Waals surface area contributed by atoms with Gasteiger partial charge < -0.3 is 21.7 Å². The number of aromatic nitrogens is 3. The lowest BCUT2D eigenvalue weighted by molar-refractivity contribution is 0.263. The third-order valence-corrected chi connectivity index (χ3v) is 4.85. The van der Waals surface area contributed by atoms with Gasteiger partial charge in [0.1, 0.15) is 5.82 Å². The number of benzene rings is 1. The summed E-state index contributed by atoms with van der Waals surface area (Å²) >= 11 is 0. The van der Waals surface area contributed by atoms with Crippen LogP contribution in [-0.4, -0.2) is 46.0 Å². The molecule has 2 aromatic heterocycles. The van der Waals surface area contributed by atoms with Crippen molar-refractivity contribution in [2.24, 2.45) is 0 Å². The Bertz CT molecular complexity index is 915. The largest absolute Gasteiger partial charge is 0.399 e. The second kappa shape index (κ2) is 6.76. The molecule has 1 saturated heterocycles. The van der Waals surface area contributed by atoms with E-state index in [1.54, 1.807) is 0 Å². The maximum Gasteiger partial charge on any atom is 0.226 e. The summed E-state index contributed by atoms with van der Waals surface area (Å²) in [5.74, 6) is 0.994. The molecular formula is C19H23N7. The summed E-state index contributed by atoms with van der Waals surface area (Å²) < 4.78 is 0. The van der Waals surface area contributed by atoms with Crippen molar-refractivity contribution in [2.45, 2.75) is 18.9 Å². The van der Waals surface area contributed by atoms with E-state index in [9.17, 15) is 0 Å². The van der Waals surface area contributed by atoms with E-state index in [1.165, 1.54) is 0 Å². The summed E-state index contributed by atoms with van der Waals surface area (Å²) in [7, 11) is 2.14. The SMILES string of the molecule is CN1CCC(Nc2nc(N)c3ccc(-c4ccc(N)cc4)nc3n2)CC1. The van der Waals surface area contributed by atoms with Crippen molar-refractivity contribution in [1.29, 1.82) is 0 Å². The lowest BCUT2D eigenvalue weighted by Gasteiger charge is -2.29. The number of hydrogen-bond acceptors (Lipinski definition) is 7. The van der Waals surface area contributed by atoms with Crippen LogP contribution in [0.2, 0.25) is 0 Å². The van der Waals surface area contributed by atoms with Crippen molar-refractivity contribution in [3.05, 3.63) is 36.4 Å². The van der Waals surface area contributed by atoms with Crippen molar-refractivity contribution >= 4 is 28.5 Å². The summed E-state index contributed by atoms with van der Waals surface area (Å²) in [6, 6.07) is 11.8. The third kappa shape index (κ3) is 3.39. The number of nitrogens with two attached hydrogens (primary N) is 2. The second-order valence-corrected chi connectivity index (χ2v) is 6.84. The first kappa shape index (κ1) is 16.5. The molecule has 1 aliphatic rings. The maximum atomic E-state index is 6.14. The van der Waals surface area contributed by atoms with E-state index in [1.807, 2.05) is 36.4 Å². The summed E-state index contributed by atoms with van der Waals surface area (Å²) in [6.07, 6.45) is 2.13. The Hall–Kier alpha value is -2.93. The second-order valence-electron chi connectivity index (χ2n) is 6.84. The number of pyridine rings is 1. The standard InChI is InChI=1S/C19H23N7/c1-26-10-8-14(9-11-26)22-19-24-17(21)15-6-7-16(23-18(15)25-19)12-2-4-13(20)5-3-12/h2-7,14H,8-11,20H2,1H3,(H3,21,22,23,24,25). The van der Waals surface area contributed by atoms with Crippen LogP contribution >= 0.6 is 0 Å². The normalized spacial score (nSPS) is 16.0. The van der Waals surface area contributed by atoms with Gasteiger partial charge in [0, 0.05) is 17.3 Å². The molecule has 0 unspecified atom stereocenters. The first-order valence-electron chi connectivity index (χ1n) is 8.84. The van der Waals surface area contributed by atoms with Crippen molar-refractivity contribution < 1.29 is 0 Å². The van der Waals surface area contributed by atoms with Crippen LogP contribution in [0.25, 0.3) is 22.3 Å². The lowest BCUT2D eigenvalue weighted by Crippen LogP contribution is -2.37. The van der Waals surface area contributed by atoms with Gasteiger partial charge in [0.15, 0.2) is 5.65 Å². The Kier molecular flexibility index (Phi) is 4.30. The topological polar surface area (TPSA) is 106 Å². The van der Waals surface area contributed by atoms with Gasteiger partial charge in [-0.15, -0.1) is 0 Å². The third-order valence-electron chi connectivity index (χ3n) is 4.85. The van der Waals surface area contributed by atoms with Gasteiger partial charge in [0.05, 0.1) is 11.1 Å². The van der Waals surface area contributed by atoms with Gasteiger partial charge in [-0.3, -0.25) is 0 Å². The Morgan fingerprint density at radius 1 is 0.962 bits per heavy atom. The minimum atomic E-state index is 0.364. The molecule has 1 aromatic carbocycles. The highest BCUT2D eigenvalue weighted by molar-refractivity contribution is 5.88. The summed E-state index contributed by atoms with van der Waals surface area (Å²) in [6.45, 7) is 2.14. The fraction of sp³-hybridized carbons (Fsp3) is 0.316. The summed E-state index contributed by atoms with van der Waals surface area (Å²) in [4.78, 5) is 16.0. The highest BCUT2D eigenvalue weighted by atomic mass is 15.2. The average molecular weight is 349 g/mol. The van der Waals surface area contributed by atoms with Crippen LogP contribution in [0.5, 0.6) is 0 Å². The number of piperidine rings is 1. The van der Waals surface area contributed by atoms with E-state index >= 15 is 0 Å². The van der Waals surface area contributed by atoms with Crippen LogP contribution in [0, 0.1) is 0 Å². The van der Waals surface area contributed by atoms with E-state index in [0.29, 0.717) is 23.5 Å². The molecule has 0 saturated carbocycles. The first-order chi connectivity index (χ1) is 12.6. The predicted octanol–water partition coefficient (Wildman–Crippen LogP) is 2.36. The number of likely N-dealkylation sites (tertiary alicyclic amines) is 1. The zero-order chi connectivity index (χ0) is 18.1. The van der Waals surface area contributed by atoms with Crippen LogP contribution in [0.3, 0.4) is 0 Å². The summed E-state index contributed by atoms with van der Waals surface area (Å²) in [5.41, 5.74) is 15.1. The monoisotopic (exact) mass is 349 g/mol. The Morgan fingerprint density at radius 2 is 1.69 bits per heavy atom. The van der Waals surface area contributed by atoms with Gasteiger partial charge in [0.25, 0.3) is 0 Å². The van der Waals surface area contributed by atoms with Crippen LogP contribution in [0.15, 0.2) is 36.4 Å². The molecule has 4 rings (SSSR count). The number of rotatable bonds is 3. The van der Waals surface area contributed by atoms with E-state index < -0.39 is 0 Å². The Labute approximate surface area is 152 Å². The Balaban J connectivity index is 1.64. The molecule has 0 radical (unpaired) electrons. The van der Waals surface area contributed by atoms with Crippen molar-refractivity contribution in [1.82, 2.24) is 19.9 Å². The number of nitrogen functional groups attached to an aromatic ring is 2. The molecule has 0 atom stereocenters. The molecule has 0 bridgehead atoms. The van der Waals surface area contributed by atoms with Gasteiger partial charge in [0.2, 0.25) is 5.95 Å². The zero-order valence-corrected chi connectivity index (χ0v) is 14.8. The number of anilines is 3. The molecule has 1 fully saturated rings. The average Bonchev–Trinajstić information content (AvgIpc) is 2.64. The van der Waals surface area contributed by atoms with Gasteiger partial charge in [-0.1, -0.05) is 12.1 Å². The minimum Gasteiger partial charge on any atom is -0.399 e. The van der Waals surface area contributed by atoms with Crippen LogP contribution in [-0.2, 0) is 0 Å². The van der Waals surface area contributed by atoms with Crippen molar-refractivity contribution in [3.63, 3.8) is 0 Å². The molecule has 26 heavy (non-hydrogen) atoms. The summed E-state index contributed by atoms with van der Waals surface area (Å²) in [5, 5.41) is 4.18. The number of fused-ring (bicyclic) bond motifs is 1. The van der Waals surface area contributed by atoms with Gasteiger partial charge in [-0.25, -0.2) is 4.98 Å². The van der Waals surface area contributed by atoms with Crippen molar-refractivity contribution in [2.75, 3.05) is 36.9 Å². The van der Waals surface area contributed by atoms with E-state index in [2.05, 4.69) is 32.2 Å². The fourth-order valence-corrected chi connectivity index (χ4v) is 3.25. The van der Waals surface area contributed by atoms with Gasteiger partial charge in [-0.05, 0) is 57.2 Å². The first-order valence-corrected chi connectivity index (χ1v) is 8.84. The molecule has 3 aromatic rings. The predicted molar refractivity (Wildman–Crippen MR) is 106 cm³/mol. The van der Waals surface area contributed by atoms with Crippen molar-refractivity contribution in [3.8, 4) is 11.3 Å². The minimum absolute atomic E-state index is 0.364. The molecule has 0 amide bonds. The molecule has 7 nitrogen and oxygen atoms in total. The molecule has 3 heterocycles. The molecule has 134 valence electrons. The zero-order valence-electron chi connectivity index (χ0n) is 14.8.